The fourth-order valence-electron chi connectivity index (χ4n) is 3.67. The normalized spacial score (nSPS) is 25.6. The zero-order valence-electron chi connectivity index (χ0n) is 13.2. The molecule has 1 N–H and O–H groups in total. The Morgan fingerprint density at radius 3 is 2.43 bits per heavy atom. The lowest BCUT2D eigenvalue weighted by Gasteiger charge is -2.33. The summed E-state index contributed by atoms with van der Waals surface area (Å²) in [5.74, 6) is 1.97. The van der Waals surface area contributed by atoms with Crippen LogP contribution >= 0.6 is 0 Å². The molecule has 0 bridgehead atoms. The van der Waals surface area contributed by atoms with Gasteiger partial charge in [-0.3, -0.25) is 9.79 Å². The molecule has 0 aromatic heterocycles. The van der Waals surface area contributed by atoms with Crippen LogP contribution in [0.4, 0.5) is 0 Å². The first-order valence-electron chi connectivity index (χ1n) is 8.22. The van der Waals surface area contributed by atoms with E-state index in [1.165, 1.54) is 32.8 Å². The van der Waals surface area contributed by atoms with Crippen molar-refractivity contribution in [2.24, 2.45) is 22.2 Å². The topological polar surface area (TPSA) is 53.9 Å². The molecule has 1 heterocycles. The second-order valence-corrected chi connectivity index (χ2v) is 6.82. The maximum Gasteiger partial charge on any atom is 0.308 e. The second kappa shape index (κ2) is 5.85. The number of nitrogens with zero attached hydrogens (tertiary/aromatic N) is 2. The monoisotopic (exact) mass is 293 g/mol. The summed E-state index contributed by atoms with van der Waals surface area (Å²) < 4.78 is 4.84. The molecule has 0 atom stereocenters. The van der Waals surface area contributed by atoms with Crippen molar-refractivity contribution in [3.8, 4) is 0 Å². The van der Waals surface area contributed by atoms with Crippen LogP contribution in [-0.2, 0) is 9.53 Å². The summed E-state index contributed by atoms with van der Waals surface area (Å²) >= 11 is 0. The Balaban J connectivity index is 1.47. The number of ether oxygens (including phenoxy) is 1. The lowest BCUT2D eigenvalue weighted by atomic mass is 9.97. The van der Waals surface area contributed by atoms with Crippen molar-refractivity contribution >= 4 is 11.9 Å². The highest BCUT2D eigenvalue weighted by Crippen LogP contribution is 2.60. The number of esters is 1. The smallest absolute Gasteiger partial charge is 0.308 e. The van der Waals surface area contributed by atoms with Gasteiger partial charge in [-0.15, -0.1) is 0 Å². The number of nitrogens with one attached hydrogen (secondary N) is 1. The molecule has 0 unspecified atom stereocenters. The minimum Gasteiger partial charge on any atom is -0.469 e. The molecule has 118 valence electrons. The van der Waals surface area contributed by atoms with Gasteiger partial charge in [0, 0.05) is 26.7 Å². The number of piperidine rings is 1. The molecule has 3 fully saturated rings. The van der Waals surface area contributed by atoms with Crippen LogP contribution in [0.1, 0.15) is 38.5 Å². The maximum atomic E-state index is 11.6. The van der Waals surface area contributed by atoms with E-state index in [9.17, 15) is 4.79 Å². The summed E-state index contributed by atoms with van der Waals surface area (Å²) in [6.07, 6.45) is 7.33. The molecule has 0 radical (unpaired) electrons. The van der Waals surface area contributed by atoms with Crippen molar-refractivity contribution in [1.82, 2.24) is 10.2 Å². The number of carbonyl (C=O) groups excluding carboxylic acids is 1. The standard InChI is InChI=1S/C16H27N3O2/c1-17-15(18-11-16(7-8-16)13-3-4-13)19-9-5-12(6-10-19)14(20)21-2/h12-13H,3-11H2,1-2H3,(H,17,18). The van der Waals surface area contributed by atoms with Crippen molar-refractivity contribution < 1.29 is 9.53 Å². The van der Waals surface area contributed by atoms with Crippen LogP contribution in [-0.4, -0.2) is 50.6 Å². The summed E-state index contributed by atoms with van der Waals surface area (Å²) in [4.78, 5) is 18.3. The predicted octanol–water partition coefficient (Wildman–Crippen LogP) is 1.64. The molecule has 21 heavy (non-hydrogen) atoms. The Bertz CT molecular complexity index is 419. The predicted molar refractivity (Wildman–Crippen MR) is 82.1 cm³/mol. The lowest BCUT2D eigenvalue weighted by Crippen LogP contribution is -2.48. The summed E-state index contributed by atoms with van der Waals surface area (Å²) in [5.41, 5.74) is 0.584. The molecular weight excluding hydrogens is 266 g/mol. The number of aliphatic imine (C=N–C) groups is 1. The Kier molecular flexibility index (Phi) is 4.09. The third-order valence-corrected chi connectivity index (χ3v) is 5.47. The molecule has 3 aliphatic rings. The average Bonchev–Trinajstić information content (AvgIpc) is 3.40. The largest absolute Gasteiger partial charge is 0.469 e. The van der Waals surface area contributed by atoms with Crippen molar-refractivity contribution in [2.45, 2.75) is 38.5 Å². The molecule has 0 aromatic rings. The van der Waals surface area contributed by atoms with Gasteiger partial charge in [-0.1, -0.05) is 0 Å². The fraction of sp³-hybridized carbons (Fsp3) is 0.875. The number of hydrogen-bond acceptors (Lipinski definition) is 3. The summed E-state index contributed by atoms with van der Waals surface area (Å²) in [7, 11) is 3.33. The van der Waals surface area contributed by atoms with Gasteiger partial charge in [0.1, 0.15) is 0 Å². The Labute approximate surface area is 127 Å². The molecule has 1 saturated heterocycles. The third kappa shape index (κ3) is 3.16. The molecule has 0 amide bonds. The van der Waals surface area contributed by atoms with Crippen molar-refractivity contribution in [2.75, 3.05) is 33.8 Å². The van der Waals surface area contributed by atoms with E-state index in [1.54, 1.807) is 0 Å². The lowest BCUT2D eigenvalue weighted by molar-refractivity contribution is -0.146. The average molecular weight is 293 g/mol. The summed E-state index contributed by atoms with van der Waals surface area (Å²) in [6.45, 7) is 2.84. The van der Waals surface area contributed by atoms with Crippen LogP contribution in [0.5, 0.6) is 0 Å². The quantitative estimate of drug-likeness (QED) is 0.486. The Morgan fingerprint density at radius 1 is 1.29 bits per heavy atom. The molecule has 2 aliphatic carbocycles. The summed E-state index contributed by atoms with van der Waals surface area (Å²) in [5, 5.41) is 3.58. The molecule has 1 aliphatic heterocycles. The highest BCUT2D eigenvalue weighted by molar-refractivity contribution is 5.80. The SMILES string of the molecule is CN=C(NCC1(C2CC2)CC1)N1CCC(C(=O)OC)CC1. The highest BCUT2D eigenvalue weighted by Gasteiger charge is 2.53. The van der Waals surface area contributed by atoms with Crippen molar-refractivity contribution in [3.63, 3.8) is 0 Å². The van der Waals surface area contributed by atoms with Gasteiger partial charge in [0.15, 0.2) is 5.96 Å². The van der Waals surface area contributed by atoms with Gasteiger partial charge in [-0.05, 0) is 49.9 Å². The first-order chi connectivity index (χ1) is 10.2. The number of carbonyl (C=O) groups is 1. The molecule has 5 nitrogen and oxygen atoms in total. The van der Waals surface area contributed by atoms with Gasteiger partial charge in [0.25, 0.3) is 0 Å². The second-order valence-electron chi connectivity index (χ2n) is 6.82. The number of rotatable bonds is 4. The van der Waals surface area contributed by atoms with Crippen LogP contribution in [0.3, 0.4) is 0 Å². The first-order valence-corrected chi connectivity index (χ1v) is 8.22. The van der Waals surface area contributed by atoms with Crippen LogP contribution < -0.4 is 5.32 Å². The highest BCUT2D eigenvalue weighted by atomic mass is 16.5. The Morgan fingerprint density at radius 2 is 1.95 bits per heavy atom. The zero-order chi connectivity index (χ0) is 14.9. The van der Waals surface area contributed by atoms with Gasteiger partial charge >= 0.3 is 5.97 Å². The van der Waals surface area contributed by atoms with Gasteiger partial charge in [0.05, 0.1) is 13.0 Å². The van der Waals surface area contributed by atoms with Crippen LogP contribution in [0.2, 0.25) is 0 Å². The molecule has 3 rings (SSSR count). The van der Waals surface area contributed by atoms with E-state index < -0.39 is 0 Å². The number of guanidine groups is 1. The molecule has 0 aromatic carbocycles. The Hall–Kier alpha value is -1.26. The van der Waals surface area contributed by atoms with E-state index in [2.05, 4.69) is 15.2 Å². The van der Waals surface area contributed by atoms with Crippen LogP contribution in [0, 0.1) is 17.3 Å². The minimum absolute atomic E-state index is 0.0607. The van der Waals surface area contributed by atoms with E-state index in [0.29, 0.717) is 5.41 Å². The van der Waals surface area contributed by atoms with Gasteiger partial charge in [-0.25, -0.2) is 0 Å². The fourth-order valence-corrected chi connectivity index (χ4v) is 3.67. The minimum atomic E-state index is -0.0664. The summed E-state index contributed by atoms with van der Waals surface area (Å²) in [6, 6.07) is 0. The van der Waals surface area contributed by atoms with Gasteiger partial charge in [0.2, 0.25) is 0 Å². The number of hydrogen-bond donors (Lipinski definition) is 1. The number of methoxy groups -OCH3 is 1. The molecule has 0 spiro atoms. The number of likely N-dealkylation sites (tertiary alicyclic amines) is 1. The van der Waals surface area contributed by atoms with E-state index in [4.69, 9.17) is 4.74 Å². The maximum absolute atomic E-state index is 11.6. The molecule has 2 saturated carbocycles. The van der Waals surface area contributed by atoms with Crippen LogP contribution in [0.15, 0.2) is 4.99 Å². The van der Waals surface area contributed by atoms with Gasteiger partial charge in [-0.2, -0.15) is 0 Å². The zero-order valence-corrected chi connectivity index (χ0v) is 13.2. The van der Waals surface area contributed by atoms with Crippen LogP contribution in [0.25, 0.3) is 0 Å². The molecule has 5 heteroatoms. The molecular formula is C16H27N3O2. The van der Waals surface area contributed by atoms with E-state index >= 15 is 0 Å². The third-order valence-electron chi connectivity index (χ3n) is 5.47. The first kappa shape index (κ1) is 14.7. The van der Waals surface area contributed by atoms with Gasteiger partial charge < -0.3 is 15.0 Å². The van der Waals surface area contributed by atoms with E-state index in [-0.39, 0.29) is 11.9 Å². The van der Waals surface area contributed by atoms with E-state index in [0.717, 1.165) is 44.4 Å². The van der Waals surface area contributed by atoms with Crippen molar-refractivity contribution in [3.05, 3.63) is 0 Å². The van der Waals surface area contributed by atoms with Crippen molar-refractivity contribution in [1.29, 1.82) is 0 Å². The van der Waals surface area contributed by atoms with E-state index in [1.807, 2.05) is 7.05 Å².